The molecule has 4 aromatic rings. The van der Waals surface area contributed by atoms with Crippen molar-refractivity contribution in [2.75, 3.05) is 0 Å². The summed E-state index contributed by atoms with van der Waals surface area (Å²) >= 11 is 0. The standard InChI is InChI=1S/C24H20P/c1-25-23(20-13-7-3-8-14-20)17-22(19-11-5-2-6-12-19)18-24(25)21-15-9-4-10-16-21/h2-18H,1H3/q+1. The monoisotopic (exact) mass is 339 g/mol. The Bertz CT molecular complexity index is 914. The number of rotatable bonds is 3. The van der Waals surface area contributed by atoms with Crippen molar-refractivity contribution < 1.29 is 0 Å². The minimum Gasteiger partial charge on any atom is -0.0622 e. The van der Waals surface area contributed by atoms with Crippen molar-refractivity contribution in [3.63, 3.8) is 0 Å². The highest BCUT2D eigenvalue weighted by atomic mass is 31.1. The minimum atomic E-state index is -0.387. The van der Waals surface area contributed by atoms with Crippen LogP contribution < -0.4 is 0 Å². The molecule has 0 saturated heterocycles. The van der Waals surface area contributed by atoms with E-state index < -0.39 is 0 Å². The molecule has 0 N–H and O–H groups in total. The zero-order valence-corrected chi connectivity index (χ0v) is 15.2. The molecule has 25 heavy (non-hydrogen) atoms. The predicted octanol–water partition coefficient (Wildman–Crippen LogP) is 7.49. The van der Waals surface area contributed by atoms with Crippen molar-refractivity contribution in [2.45, 2.75) is 0 Å². The third-order valence-electron chi connectivity index (χ3n) is 4.55. The van der Waals surface area contributed by atoms with Gasteiger partial charge in [0, 0.05) is 11.1 Å². The van der Waals surface area contributed by atoms with Crippen LogP contribution in [0.25, 0.3) is 32.8 Å². The second-order valence-electron chi connectivity index (χ2n) is 6.17. The Morgan fingerprint density at radius 2 is 0.800 bits per heavy atom. The third-order valence-corrected chi connectivity index (χ3v) is 6.77. The normalized spacial score (nSPS) is 10.6. The number of hydrogen-bond donors (Lipinski definition) is 0. The maximum atomic E-state index is 2.38. The molecule has 0 saturated carbocycles. The van der Waals surface area contributed by atoms with Gasteiger partial charge in [0.15, 0.2) is 10.6 Å². The van der Waals surface area contributed by atoms with Gasteiger partial charge in [-0.3, -0.25) is 0 Å². The summed E-state index contributed by atoms with van der Waals surface area (Å²) in [4.78, 5) is 0. The van der Waals surface area contributed by atoms with Gasteiger partial charge < -0.3 is 0 Å². The van der Waals surface area contributed by atoms with E-state index in [1.807, 2.05) is 0 Å². The van der Waals surface area contributed by atoms with Crippen molar-refractivity contribution in [1.82, 2.24) is 0 Å². The van der Waals surface area contributed by atoms with Crippen molar-refractivity contribution in [2.24, 2.45) is 6.66 Å². The van der Waals surface area contributed by atoms with E-state index in [4.69, 9.17) is 0 Å². The van der Waals surface area contributed by atoms with E-state index in [0.717, 1.165) is 0 Å². The van der Waals surface area contributed by atoms with E-state index in [1.54, 1.807) is 0 Å². The van der Waals surface area contributed by atoms with Crippen LogP contribution in [0.1, 0.15) is 0 Å². The van der Waals surface area contributed by atoms with Gasteiger partial charge in [0.05, 0.1) is 0 Å². The zero-order chi connectivity index (χ0) is 17.1. The summed E-state index contributed by atoms with van der Waals surface area (Å²) in [6.45, 7) is 2.37. The Balaban J connectivity index is 1.98. The molecule has 0 atom stereocenters. The molecule has 0 radical (unpaired) electrons. The molecule has 0 bridgehead atoms. The van der Waals surface area contributed by atoms with E-state index in [9.17, 15) is 0 Å². The Morgan fingerprint density at radius 1 is 0.440 bits per heavy atom. The highest BCUT2D eigenvalue weighted by Crippen LogP contribution is 2.49. The Morgan fingerprint density at radius 3 is 1.20 bits per heavy atom. The van der Waals surface area contributed by atoms with Gasteiger partial charge >= 0.3 is 0 Å². The van der Waals surface area contributed by atoms with E-state index >= 15 is 0 Å². The molecule has 0 spiro atoms. The van der Waals surface area contributed by atoms with Crippen LogP contribution in [0.3, 0.4) is 0 Å². The molecular weight excluding hydrogens is 319 g/mol. The van der Waals surface area contributed by atoms with Gasteiger partial charge in [-0.15, -0.1) is 0 Å². The van der Waals surface area contributed by atoms with E-state index in [-0.39, 0.29) is 7.53 Å². The van der Waals surface area contributed by atoms with Crippen molar-refractivity contribution in [3.05, 3.63) is 103 Å². The second-order valence-corrected chi connectivity index (χ2v) is 8.25. The van der Waals surface area contributed by atoms with E-state index in [2.05, 4.69) is 110 Å². The molecule has 3 aromatic carbocycles. The van der Waals surface area contributed by atoms with Gasteiger partial charge in [-0.1, -0.05) is 91.0 Å². The summed E-state index contributed by atoms with van der Waals surface area (Å²) in [7, 11) is -0.387. The maximum Gasteiger partial charge on any atom is 0.156 e. The highest BCUT2D eigenvalue weighted by Gasteiger charge is 2.21. The topological polar surface area (TPSA) is 0 Å². The van der Waals surface area contributed by atoms with Crippen molar-refractivity contribution >= 4 is 7.53 Å². The summed E-state index contributed by atoms with van der Waals surface area (Å²) in [5, 5.41) is 2.88. The summed E-state index contributed by atoms with van der Waals surface area (Å²) < 4.78 is 0. The van der Waals surface area contributed by atoms with Gasteiger partial charge in [-0.05, 0) is 23.3 Å². The summed E-state index contributed by atoms with van der Waals surface area (Å²) in [6, 6.07) is 37.0. The molecule has 0 aliphatic heterocycles. The Labute approximate surface area is 150 Å². The summed E-state index contributed by atoms with van der Waals surface area (Å²) in [6.07, 6.45) is 0. The molecule has 4 rings (SSSR count). The zero-order valence-electron chi connectivity index (χ0n) is 14.3. The fraction of sp³-hybridized carbons (Fsp3) is 0.0417. The first-order chi connectivity index (χ1) is 12.3. The lowest BCUT2D eigenvalue weighted by atomic mass is 10.0. The van der Waals surface area contributed by atoms with Crippen molar-refractivity contribution in [1.29, 1.82) is 0 Å². The number of hydrogen-bond acceptors (Lipinski definition) is 0. The van der Waals surface area contributed by atoms with E-state index in [0.29, 0.717) is 0 Å². The Hall–Kier alpha value is -2.69. The van der Waals surface area contributed by atoms with Gasteiger partial charge in [-0.2, -0.15) is 0 Å². The maximum absolute atomic E-state index is 2.38. The first kappa shape index (κ1) is 15.8. The van der Waals surface area contributed by atoms with E-state index in [1.165, 1.54) is 32.8 Å². The SMILES string of the molecule is C[p+]1c(-c2ccccc2)cc(-c2ccccc2)cc1-c1ccccc1. The molecule has 0 nitrogen and oxygen atoms in total. The Kier molecular flexibility index (Phi) is 4.46. The predicted molar refractivity (Wildman–Crippen MR) is 111 cm³/mol. The molecular formula is C24H20P+. The third kappa shape index (κ3) is 3.27. The molecule has 120 valence electrons. The molecule has 0 aliphatic rings. The van der Waals surface area contributed by atoms with Crippen molar-refractivity contribution in [3.8, 4) is 32.8 Å². The van der Waals surface area contributed by atoms with Gasteiger partial charge in [0.1, 0.15) is 14.2 Å². The molecule has 0 aliphatic carbocycles. The fourth-order valence-electron chi connectivity index (χ4n) is 3.23. The average molecular weight is 339 g/mol. The van der Waals surface area contributed by atoms with Crippen LogP contribution in [0.4, 0.5) is 0 Å². The summed E-state index contributed by atoms with van der Waals surface area (Å²) in [5.41, 5.74) is 5.21. The lowest BCUT2D eigenvalue weighted by molar-refractivity contribution is 1.62. The first-order valence-electron chi connectivity index (χ1n) is 8.53. The van der Waals surface area contributed by atoms with Crippen LogP contribution in [0.5, 0.6) is 0 Å². The van der Waals surface area contributed by atoms with Crippen LogP contribution in [0.2, 0.25) is 0 Å². The largest absolute Gasteiger partial charge is 0.156 e. The molecule has 1 heterocycles. The fourth-order valence-corrected chi connectivity index (χ4v) is 5.23. The molecule has 1 aromatic heterocycles. The lowest BCUT2D eigenvalue weighted by Gasteiger charge is -2.08. The molecule has 0 amide bonds. The van der Waals surface area contributed by atoms with Crippen LogP contribution in [0.15, 0.2) is 103 Å². The minimum absolute atomic E-state index is 0.387. The van der Waals surface area contributed by atoms with Crippen LogP contribution >= 0.6 is 7.53 Å². The highest BCUT2D eigenvalue weighted by molar-refractivity contribution is 7.54. The molecule has 1 heteroatoms. The smallest absolute Gasteiger partial charge is 0.0622 e. The van der Waals surface area contributed by atoms with Crippen LogP contribution in [-0.2, 0) is 6.66 Å². The number of benzene rings is 3. The second kappa shape index (κ2) is 7.05. The first-order valence-corrected chi connectivity index (χ1v) is 10.3. The molecule has 0 fully saturated rings. The van der Waals surface area contributed by atoms with Crippen LogP contribution in [-0.4, -0.2) is 0 Å². The van der Waals surface area contributed by atoms with Gasteiger partial charge in [-0.25, -0.2) is 0 Å². The van der Waals surface area contributed by atoms with Gasteiger partial charge in [0.2, 0.25) is 0 Å². The molecule has 0 unspecified atom stereocenters. The van der Waals surface area contributed by atoms with Crippen LogP contribution in [0, 0.1) is 0 Å². The summed E-state index contributed by atoms with van der Waals surface area (Å²) in [5.74, 6) is 0. The lowest BCUT2D eigenvalue weighted by Crippen LogP contribution is -1.84. The van der Waals surface area contributed by atoms with Gasteiger partial charge in [0.25, 0.3) is 0 Å². The average Bonchev–Trinajstić information content (AvgIpc) is 2.70. The quantitative estimate of drug-likeness (QED) is 0.362.